The van der Waals surface area contributed by atoms with Gasteiger partial charge in [0.05, 0.1) is 18.0 Å². The van der Waals surface area contributed by atoms with Crippen molar-refractivity contribution in [2.45, 2.75) is 32.7 Å². The molecular formula is C17H24N4O2. The first-order chi connectivity index (χ1) is 10.9. The lowest BCUT2D eigenvalue weighted by Crippen LogP contribution is -2.39. The number of anilines is 1. The van der Waals surface area contributed by atoms with E-state index in [-0.39, 0.29) is 18.4 Å². The molecule has 0 saturated heterocycles. The van der Waals surface area contributed by atoms with E-state index in [0.717, 1.165) is 16.9 Å². The van der Waals surface area contributed by atoms with Crippen molar-refractivity contribution in [1.29, 1.82) is 0 Å². The fraction of sp³-hybridized carbons (Fsp3) is 0.412. The maximum Gasteiger partial charge on any atom is 0.244 e. The van der Waals surface area contributed by atoms with Crippen LogP contribution in [0.1, 0.15) is 31.0 Å². The minimum Gasteiger partial charge on any atom is -0.383 e. The zero-order chi connectivity index (χ0) is 17.0. The van der Waals surface area contributed by atoms with Gasteiger partial charge in [0.25, 0.3) is 0 Å². The Hall–Kier alpha value is -2.18. The Morgan fingerprint density at radius 3 is 2.57 bits per heavy atom. The molecule has 0 radical (unpaired) electrons. The number of nitrogens with two attached hydrogens (primary N) is 1. The number of nitrogens with one attached hydrogen (secondary N) is 1. The molecule has 0 spiro atoms. The molecule has 2 aromatic rings. The van der Waals surface area contributed by atoms with Crippen LogP contribution in [-0.4, -0.2) is 35.4 Å². The van der Waals surface area contributed by atoms with Crippen LogP contribution in [0.2, 0.25) is 0 Å². The molecule has 0 aliphatic rings. The molecule has 1 unspecified atom stereocenters. The molecule has 1 amide bonds. The molecule has 23 heavy (non-hydrogen) atoms. The van der Waals surface area contributed by atoms with Crippen LogP contribution in [0.5, 0.6) is 0 Å². The Morgan fingerprint density at radius 1 is 1.35 bits per heavy atom. The van der Waals surface area contributed by atoms with Crippen LogP contribution >= 0.6 is 0 Å². The molecule has 0 aliphatic carbocycles. The van der Waals surface area contributed by atoms with E-state index in [9.17, 15) is 4.79 Å². The second-order valence-corrected chi connectivity index (χ2v) is 5.91. The first-order valence-corrected chi connectivity index (χ1v) is 7.64. The quantitative estimate of drug-likeness (QED) is 0.856. The molecule has 1 aromatic carbocycles. The van der Waals surface area contributed by atoms with Gasteiger partial charge in [-0.15, -0.1) is 0 Å². The first-order valence-electron chi connectivity index (χ1n) is 7.64. The van der Waals surface area contributed by atoms with E-state index in [0.29, 0.717) is 5.82 Å². The highest BCUT2D eigenvalue weighted by molar-refractivity contribution is 5.94. The van der Waals surface area contributed by atoms with Crippen LogP contribution in [0.3, 0.4) is 0 Å². The molecule has 6 nitrogen and oxygen atoms in total. The Bertz CT molecular complexity index is 662. The van der Waals surface area contributed by atoms with Crippen molar-refractivity contribution in [3.63, 3.8) is 0 Å². The van der Waals surface area contributed by atoms with Gasteiger partial charge in [0.1, 0.15) is 11.9 Å². The van der Waals surface area contributed by atoms with E-state index in [4.69, 9.17) is 10.5 Å². The topological polar surface area (TPSA) is 82.2 Å². The van der Waals surface area contributed by atoms with Crippen LogP contribution in [0.4, 0.5) is 5.82 Å². The van der Waals surface area contributed by atoms with E-state index < -0.39 is 6.04 Å². The van der Waals surface area contributed by atoms with Crippen molar-refractivity contribution in [2.24, 2.45) is 5.73 Å². The van der Waals surface area contributed by atoms with Gasteiger partial charge in [-0.3, -0.25) is 4.79 Å². The van der Waals surface area contributed by atoms with Gasteiger partial charge in [-0.25, -0.2) is 4.68 Å². The van der Waals surface area contributed by atoms with Gasteiger partial charge in [-0.2, -0.15) is 5.10 Å². The molecule has 0 bridgehead atoms. The van der Waals surface area contributed by atoms with Crippen LogP contribution in [0.25, 0.3) is 5.69 Å². The monoisotopic (exact) mass is 316 g/mol. The number of methoxy groups -OCH3 is 1. The number of hydrogen-bond donors (Lipinski definition) is 2. The standard InChI is InChI=1S/C17H24N4O2/c1-11(2)15-9-16(19-17(22)14(18)10-23-4)21(20-15)13-7-5-12(3)6-8-13/h5-9,11,14H,10,18H2,1-4H3,(H,19,22). The molecule has 3 N–H and O–H groups in total. The summed E-state index contributed by atoms with van der Waals surface area (Å²) in [6.07, 6.45) is 0. The SMILES string of the molecule is COCC(N)C(=O)Nc1cc(C(C)C)nn1-c1ccc(C)cc1. The number of nitrogens with zero attached hydrogens (tertiary/aromatic N) is 2. The summed E-state index contributed by atoms with van der Waals surface area (Å²) < 4.78 is 6.65. The number of hydrogen-bond acceptors (Lipinski definition) is 4. The van der Waals surface area contributed by atoms with Gasteiger partial charge in [-0.05, 0) is 25.0 Å². The smallest absolute Gasteiger partial charge is 0.244 e. The molecular weight excluding hydrogens is 292 g/mol. The number of benzene rings is 1. The third-order valence-electron chi connectivity index (χ3n) is 3.53. The lowest BCUT2D eigenvalue weighted by atomic mass is 10.1. The van der Waals surface area contributed by atoms with Gasteiger partial charge >= 0.3 is 0 Å². The summed E-state index contributed by atoms with van der Waals surface area (Å²) in [7, 11) is 1.51. The maximum absolute atomic E-state index is 12.2. The van der Waals surface area contributed by atoms with E-state index >= 15 is 0 Å². The van der Waals surface area contributed by atoms with Crippen LogP contribution < -0.4 is 11.1 Å². The molecule has 124 valence electrons. The normalized spacial score (nSPS) is 12.4. The third-order valence-corrected chi connectivity index (χ3v) is 3.53. The summed E-state index contributed by atoms with van der Waals surface area (Å²) in [4.78, 5) is 12.2. The lowest BCUT2D eigenvalue weighted by Gasteiger charge is -2.12. The number of rotatable bonds is 6. The Balaban J connectivity index is 2.34. The second kappa shape index (κ2) is 7.39. The van der Waals surface area contributed by atoms with Crippen LogP contribution in [0.15, 0.2) is 30.3 Å². The van der Waals surface area contributed by atoms with E-state index in [1.54, 1.807) is 4.68 Å². The minimum atomic E-state index is -0.719. The summed E-state index contributed by atoms with van der Waals surface area (Å²) >= 11 is 0. The molecule has 6 heteroatoms. The minimum absolute atomic E-state index is 0.168. The zero-order valence-electron chi connectivity index (χ0n) is 14.0. The zero-order valence-corrected chi connectivity index (χ0v) is 14.0. The highest BCUT2D eigenvalue weighted by atomic mass is 16.5. The number of aryl methyl sites for hydroxylation is 1. The van der Waals surface area contributed by atoms with E-state index in [1.807, 2.05) is 37.3 Å². The van der Waals surface area contributed by atoms with Gasteiger partial charge in [0.15, 0.2) is 0 Å². The van der Waals surface area contributed by atoms with E-state index in [1.165, 1.54) is 7.11 Å². The Kier molecular flexibility index (Phi) is 5.52. The highest BCUT2D eigenvalue weighted by Gasteiger charge is 2.18. The fourth-order valence-corrected chi connectivity index (χ4v) is 2.13. The van der Waals surface area contributed by atoms with Crippen LogP contribution in [-0.2, 0) is 9.53 Å². The molecule has 0 aliphatic heterocycles. The molecule has 0 saturated carbocycles. The molecule has 2 rings (SSSR count). The number of amides is 1. The predicted octanol–water partition coefficient (Wildman–Crippen LogP) is 2.22. The van der Waals surface area contributed by atoms with Gasteiger partial charge in [-0.1, -0.05) is 31.5 Å². The third kappa shape index (κ3) is 4.18. The lowest BCUT2D eigenvalue weighted by molar-refractivity contribution is -0.118. The summed E-state index contributed by atoms with van der Waals surface area (Å²) in [5, 5.41) is 7.44. The first kappa shape index (κ1) is 17.2. The summed E-state index contributed by atoms with van der Waals surface area (Å²) in [5.74, 6) is 0.564. The Labute approximate surface area is 136 Å². The maximum atomic E-state index is 12.2. The van der Waals surface area contributed by atoms with Crippen molar-refractivity contribution in [2.75, 3.05) is 19.0 Å². The second-order valence-electron chi connectivity index (χ2n) is 5.91. The highest BCUT2D eigenvalue weighted by Crippen LogP contribution is 2.22. The van der Waals surface area contributed by atoms with Crippen molar-refractivity contribution >= 4 is 11.7 Å². The summed E-state index contributed by atoms with van der Waals surface area (Å²) in [6.45, 7) is 6.31. The number of carbonyl (C=O) groups excluding carboxylic acids is 1. The number of carbonyl (C=O) groups is 1. The predicted molar refractivity (Wildman–Crippen MR) is 90.9 cm³/mol. The number of aromatic nitrogens is 2. The van der Waals surface area contributed by atoms with Crippen LogP contribution in [0, 0.1) is 6.92 Å². The largest absolute Gasteiger partial charge is 0.383 e. The van der Waals surface area contributed by atoms with Crippen molar-refractivity contribution < 1.29 is 9.53 Å². The van der Waals surface area contributed by atoms with Crippen molar-refractivity contribution in [1.82, 2.24) is 9.78 Å². The average molecular weight is 316 g/mol. The fourth-order valence-electron chi connectivity index (χ4n) is 2.13. The van der Waals surface area contributed by atoms with Crippen molar-refractivity contribution in [3.8, 4) is 5.69 Å². The van der Waals surface area contributed by atoms with Gasteiger partial charge < -0.3 is 15.8 Å². The molecule has 0 fully saturated rings. The average Bonchev–Trinajstić information content (AvgIpc) is 2.92. The van der Waals surface area contributed by atoms with E-state index in [2.05, 4.69) is 24.3 Å². The summed E-state index contributed by atoms with van der Waals surface area (Å²) in [5.41, 5.74) is 8.74. The number of ether oxygens (including phenoxy) is 1. The van der Waals surface area contributed by atoms with Gasteiger partial charge in [0.2, 0.25) is 5.91 Å². The molecule has 1 heterocycles. The molecule has 1 atom stereocenters. The van der Waals surface area contributed by atoms with Gasteiger partial charge in [0, 0.05) is 13.2 Å². The molecule has 1 aromatic heterocycles. The Morgan fingerprint density at radius 2 is 2.00 bits per heavy atom. The van der Waals surface area contributed by atoms with Crippen molar-refractivity contribution in [3.05, 3.63) is 41.6 Å². The summed E-state index contributed by atoms with van der Waals surface area (Å²) in [6, 6.07) is 9.11.